The molecule has 6 heteroatoms. The van der Waals surface area contributed by atoms with Gasteiger partial charge in [0.15, 0.2) is 10.1 Å². The molecule has 0 radical (unpaired) electrons. The van der Waals surface area contributed by atoms with Gasteiger partial charge in [0.2, 0.25) is 0 Å². The van der Waals surface area contributed by atoms with E-state index in [9.17, 15) is 9.59 Å². The second-order valence-electron chi connectivity index (χ2n) is 8.09. The molecule has 0 saturated carbocycles. The van der Waals surface area contributed by atoms with Crippen molar-refractivity contribution in [2.24, 2.45) is 0 Å². The molecule has 5 rings (SSSR count). The van der Waals surface area contributed by atoms with Crippen LogP contribution >= 0.6 is 23.1 Å². The highest BCUT2D eigenvalue weighted by atomic mass is 32.2. The van der Waals surface area contributed by atoms with Gasteiger partial charge in [-0.1, -0.05) is 84.6 Å². The van der Waals surface area contributed by atoms with Crippen LogP contribution < -0.4 is 5.32 Å². The first-order valence-electron chi connectivity index (χ1n) is 11.2. The summed E-state index contributed by atoms with van der Waals surface area (Å²) in [6.45, 7) is 1.92. The van der Waals surface area contributed by atoms with Gasteiger partial charge in [-0.3, -0.25) is 9.59 Å². The lowest BCUT2D eigenvalue weighted by atomic mass is 10.0. The number of nitrogens with one attached hydrogen (secondary N) is 1. The van der Waals surface area contributed by atoms with Crippen molar-refractivity contribution in [3.63, 3.8) is 0 Å². The van der Waals surface area contributed by atoms with Gasteiger partial charge < -0.3 is 5.32 Å². The quantitative estimate of drug-likeness (QED) is 0.188. The van der Waals surface area contributed by atoms with Gasteiger partial charge in [0, 0.05) is 16.8 Å². The van der Waals surface area contributed by atoms with E-state index in [0.29, 0.717) is 16.9 Å². The van der Waals surface area contributed by atoms with Crippen LogP contribution in [0.3, 0.4) is 0 Å². The van der Waals surface area contributed by atoms with Gasteiger partial charge in [-0.15, -0.1) is 11.3 Å². The summed E-state index contributed by atoms with van der Waals surface area (Å²) in [5, 5.41) is 2.97. The topological polar surface area (TPSA) is 59.1 Å². The number of carbonyl (C=O) groups is 2. The smallest absolute Gasteiger partial charge is 0.255 e. The number of benzene rings is 4. The van der Waals surface area contributed by atoms with Gasteiger partial charge in [0.1, 0.15) is 0 Å². The molecule has 4 aromatic carbocycles. The van der Waals surface area contributed by atoms with E-state index in [1.807, 2.05) is 91.9 Å². The molecular weight excluding hydrogens is 472 g/mol. The minimum absolute atomic E-state index is 0.0695. The number of hydrogen-bond donors (Lipinski definition) is 1. The van der Waals surface area contributed by atoms with E-state index in [2.05, 4.69) is 22.4 Å². The lowest BCUT2D eigenvalue weighted by Crippen LogP contribution is -2.13. The summed E-state index contributed by atoms with van der Waals surface area (Å²) in [7, 11) is 0. The van der Waals surface area contributed by atoms with Crippen molar-refractivity contribution in [1.29, 1.82) is 0 Å². The molecule has 0 unspecified atom stereocenters. The fourth-order valence-electron chi connectivity index (χ4n) is 3.76. The number of aromatic nitrogens is 1. The van der Waals surface area contributed by atoms with Crippen LogP contribution in [0, 0.1) is 6.92 Å². The van der Waals surface area contributed by atoms with Crippen LogP contribution in [0.1, 0.15) is 26.3 Å². The van der Waals surface area contributed by atoms with E-state index in [1.54, 1.807) is 0 Å². The van der Waals surface area contributed by atoms with Crippen LogP contribution in [0.25, 0.3) is 21.3 Å². The Bertz CT molecular complexity index is 1510. The Kier molecular flexibility index (Phi) is 6.75. The molecule has 5 aromatic rings. The predicted octanol–water partition coefficient (Wildman–Crippen LogP) is 7.50. The molecule has 0 fully saturated rings. The lowest BCUT2D eigenvalue weighted by molar-refractivity contribution is 0.101. The average Bonchev–Trinajstić information content (AvgIpc) is 3.30. The maximum Gasteiger partial charge on any atom is 0.255 e. The number of thiazole rings is 1. The first-order chi connectivity index (χ1) is 17.1. The highest BCUT2D eigenvalue weighted by Gasteiger charge is 2.12. The highest BCUT2D eigenvalue weighted by molar-refractivity contribution is 8.01. The summed E-state index contributed by atoms with van der Waals surface area (Å²) < 4.78 is 1.80. The molecule has 1 amide bonds. The molecule has 172 valence electrons. The molecule has 0 bridgehead atoms. The predicted molar refractivity (Wildman–Crippen MR) is 146 cm³/mol. The SMILES string of the molecule is Cc1ccccc1C(=O)Nc1ccc2nc(SCC(=O)c3ccc(-c4ccccc4)cc3)sc2c1. The average molecular weight is 495 g/mol. The first-order valence-corrected chi connectivity index (χ1v) is 13.0. The fourth-order valence-corrected chi connectivity index (χ4v) is 5.76. The summed E-state index contributed by atoms with van der Waals surface area (Å²) >= 11 is 2.96. The Hall–Kier alpha value is -3.74. The summed E-state index contributed by atoms with van der Waals surface area (Å²) in [4.78, 5) is 30.0. The minimum Gasteiger partial charge on any atom is -0.322 e. The number of anilines is 1. The Morgan fingerprint density at radius 3 is 2.34 bits per heavy atom. The summed E-state index contributed by atoms with van der Waals surface area (Å²) in [6.07, 6.45) is 0. The standard InChI is InChI=1S/C29H22N2O2S2/c1-19-7-5-6-10-24(19)28(33)30-23-15-16-25-27(17-23)35-29(31-25)34-18-26(32)22-13-11-21(12-14-22)20-8-3-2-4-9-20/h2-17H,18H2,1H3,(H,30,33). The number of thioether (sulfide) groups is 1. The van der Waals surface area contributed by atoms with Crippen molar-refractivity contribution < 1.29 is 9.59 Å². The van der Waals surface area contributed by atoms with Gasteiger partial charge in [-0.25, -0.2) is 4.98 Å². The van der Waals surface area contributed by atoms with E-state index in [-0.39, 0.29) is 11.7 Å². The van der Waals surface area contributed by atoms with Crippen molar-refractivity contribution in [3.05, 3.63) is 114 Å². The molecule has 4 nitrogen and oxygen atoms in total. The third-order valence-corrected chi connectivity index (χ3v) is 7.82. The van der Waals surface area contributed by atoms with Crippen molar-refractivity contribution >= 4 is 50.7 Å². The van der Waals surface area contributed by atoms with E-state index in [4.69, 9.17) is 0 Å². The van der Waals surface area contributed by atoms with Gasteiger partial charge in [0.25, 0.3) is 5.91 Å². The molecule has 0 aliphatic carbocycles. The molecule has 0 saturated heterocycles. The number of Topliss-reactive ketones (excluding diaryl/α,β-unsaturated/α-hetero) is 1. The fraction of sp³-hybridized carbons (Fsp3) is 0.0690. The maximum atomic E-state index is 12.7. The van der Waals surface area contributed by atoms with E-state index in [0.717, 1.165) is 36.9 Å². The zero-order valence-corrected chi connectivity index (χ0v) is 20.7. The normalized spacial score (nSPS) is 10.9. The molecule has 35 heavy (non-hydrogen) atoms. The summed E-state index contributed by atoms with van der Waals surface area (Å²) in [5.41, 5.74) is 6.08. The molecular formula is C29H22N2O2S2. The number of amides is 1. The molecule has 0 aliphatic heterocycles. The van der Waals surface area contributed by atoms with Crippen LogP contribution in [0.5, 0.6) is 0 Å². The van der Waals surface area contributed by atoms with E-state index >= 15 is 0 Å². The first kappa shape index (κ1) is 23.0. The monoisotopic (exact) mass is 494 g/mol. The zero-order chi connectivity index (χ0) is 24.2. The maximum absolute atomic E-state index is 12.7. The van der Waals surface area contributed by atoms with Crippen LogP contribution in [0.4, 0.5) is 5.69 Å². The van der Waals surface area contributed by atoms with Crippen LogP contribution in [-0.2, 0) is 0 Å². The Morgan fingerprint density at radius 2 is 1.57 bits per heavy atom. The number of nitrogens with zero attached hydrogens (tertiary/aromatic N) is 1. The van der Waals surface area contributed by atoms with E-state index < -0.39 is 0 Å². The number of aryl methyl sites for hydroxylation is 1. The van der Waals surface area contributed by atoms with Crippen molar-refractivity contribution in [2.45, 2.75) is 11.3 Å². The number of rotatable bonds is 7. The van der Waals surface area contributed by atoms with Crippen molar-refractivity contribution in [3.8, 4) is 11.1 Å². The molecule has 0 aliphatic rings. The highest BCUT2D eigenvalue weighted by Crippen LogP contribution is 2.32. The van der Waals surface area contributed by atoms with Gasteiger partial charge in [-0.05, 0) is 47.9 Å². The number of hydrogen-bond acceptors (Lipinski definition) is 5. The summed E-state index contributed by atoms with van der Waals surface area (Å²) in [5.74, 6) is 0.256. The van der Waals surface area contributed by atoms with Crippen LogP contribution in [0.2, 0.25) is 0 Å². The Balaban J connectivity index is 1.23. The van der Waals surface area contributed by atoms with Gasteiger partial charge in [-0.2, -0.15) is 0 Å². The molecule has 1 aromatic heterocycles. The second-order valence-corrected chi connectivity index (χ2v) is 10.3. The van der Waals surface area contributed by atoms with Gasteiger partial charge >= 0.3 is 0 Å². The minimum atomic E-state index is -0.134. The lowest BCUT2D eigenvalue weighted by Gasteiger charge is -2.07. The number of fused-ring (bicyclic) bond motifs is 1. The Labute approximate surface area is 212 Å². The van der Waals surface area contributed by atoms with Crippen LogP contribution in [0.15, 0.2) is 101 Å². The largest absolute Gasteiger partial charge is 0.322 e. The second kappa shape index (κ2) is 10.3. The zero-order valence-electron chi connectivity index (χ0n) is 19.0. The molecule has 0 spiro atoms. The van der Waals surface area contributed by atoms with Crippen LogP contribution in [-0.4, -0.2) is 22.4 Å². The summed E-state index contributed by atoms with van der Waals surface area (Å²) in [6, 6.07) is 31.0. The van der Waals surface area contributed by atoms with E-state index in [1.165, 1.54) is 23.1 Å². The van der Waals surface area contributed by atoms with Crippen molar-refractivity contribution in [1.82, 2.24) is 4.98 Å². The molecule has 1 N–H and O–H groups in total. The molecule has 1 heterocycles. The third-order valence-electron chi connectivity index (χ3n) is 5.66. The number of ketones is 1. The Morgan fingerprint density at radius 1 is 0.857 bits per heavy atom. The third kappa shape index (κ3) is 5.34. The molecule has 0 atom stereocenters. The number of carbonyl (C=O) groups excluding carboxylic acids is 2. The van der Waals surface area contributed by atoms with Crippen molar-refractivity contribution in [2.75, 3.05) is 11.1 Å². The van der Waals surface area contributed by atoms with Gasteiger partial charge in [0.05, 0.1) is 16.0 Å².